The lowest BCUT2D eigenvalue weighted by Gasteiger charge is -2.35. The Balaban J connectivity index is 1.11. The van der Waals surface area contributed by atoms with Crippen LogP contribution in [0.4, 0.5) is 0 Å². The summed E-state index contributed by atoms with van der Waals surface area (Å²) in [7, 11) is 0. The molecule has 6 nitrogen and oxygen atoms in total. The summed E-state index contributed by atoms with van der Waals surface area (Å²) in [4.78, 5) is 21.5. The van der Waals surface area contributed by atoms with Crippen LogP contribution in [0.3, 0.4) is 0 Å². The summed E-state index contributed by atoms with van der Waals surface area (Å²) in [6, 6.07) is 25.8. The van der Waals surface area contributed by atoms with Gasteiger partial charge in [-0.25, -0.2) is 4.79 Å². The Morgan fingerprint density at radius 2 is 1.61 bits per heavy atom. The van der Waals surface area contributed by atoms with E-state index in [1.54, 1.807) is 6.07 Å². The molecule has 3 aromatic carbocycles. The maximum Gasteiger partial charge on any atom is 0.340 e. The van der Waals surface area contributed by atoms with Gasteiger partial charge in [0.25, 0.3) is 0 Å². The van der Waals surface area contributed by atoms with Crippen molar-refractivity contribution in [2.45, 2.75) is 13.0 Å². The molecule has 5 rings (SSSR count). The Hall–Kier alpha value is -3.74. The normalized spacial score (nSPS) is 14.7. The first-order valence-electron chi connectivity index (χ1n) is 12.5. The molecule has 2 heterocycles. The lowest BCUT2D eigenvalue weighted by atomic mass is 10.0. The fourth-order valence-electron chi connectivity index (χ4n) is 4.90. The summed E-state index contributed by atoms with van der Waals surface area (Å²) in [5.41, 5.74) is 3.72. The van der Waals surface area contributed by atoms with Crippen LogP contribution in [0, 0.1) is 0 Å². The average molecular weight is 482 g/mol. The third-order valence-electron chi connectivity index (χ3n) is 6.78. The van der Waals surface area contributed by atoms with E-state index >= 15 is 0 Å². The Morgan fingerprint density at radius 3 is 2.42 bits per heavy atom. The summed E-state index contributed by atoms with van der Waals surface area (Å²) >= 11 is 0. The predicted molar refractivity (Wildman–Crippen MR) is 142 cm³/mol. The summed E-state index contributed by atoms with van der Waals surface area (Å²) in [5, 5.41) is 11.4. The van der Waals surface area contributed by atoms with E-state index in [0.717, 1.165) is 62.3 Å². The third kappa shape index (κ3) is 5.56. The van der Waals surface area contributed by atoms with Crippen LogP contribution in [0.15, 0.2) is 85.1 Å². The first-order chi connectivity index (χ1) is 17.7. The van der Waals surface area contributed by atoms with E-state index in [0.29, 0.717) is 17.7 Å². The maximum absolute atomic E-state index is 11.9. The van der Waals surface area contributed by atoms with Gasteiger partial charge in [0.2, 0.25) is 0 Å². The van der Waals surface area contributed by atoms with Crippen molar-refractivity contribution in [1.82, 2.24) is 14.8 Å². The van der Waals surface area contributed by atoms with Crippen LogP contribution in [0.2, 0.25) is 0 Å². The van der Waals surface area contributed by atoms with E-state index in [-0.39, 0.29) is 5.56 Å². The number of hydrogen-bond donors (Lipinski definition) is 1. The fraction of sp³-hybridized carbons (Fsp3) is 0.267. The molecule has 0 saturated carbocycles. The Labute approximate surface area is 211 Å². The largest absolute Gasteiger partial charge is 0.493 e. The second-order valence-corrected chi connectivity index (χ2v) is 9.16. The van der Waals surface area contributed by atoms with E-state index in [4.69, 9.17) is 4.74 Å². The number of carboxylic acid groups (broad SMARTS) is 1. The van der Waals surface area contributed by atoms with Crippen molar-refractivity contribution in [2.24, 2.45) is 0 Å². The molecule has 0 aliphatic carbocycles. The zero-order valence-electron chi connectivity index (χ0n) is 20.3. The Morgan fingerprint density at radius 1 is 0.861 bits per heavy atom. The standard InChI is InChI=1S/C30H31N3O3/c34-30(35)28-26-12-5-4-8-23(26)13-14-27(28)36-21-7-16-32-17-19-33(20-18-32)22-25-11-6-15-31-29(25)24-9-2-1-3-10-24/h1-6,8-15H,7,16-22H2,(H,34,35). The molecule has 1 saturated heterocycles. The quantitative estimate of drug-likeness (QED) is 0.332. The van der Waals surface area contributed by atoms with E-state index < -0.39 is 5.97 Å². The first kappa shape index (κ1) is 24.0. The van der Waals surface area contributed by atoms with Crippen LogP contribution in [0.5, 0.6) is 5.75 Å². The number of carboxylic acids is 1. The minimum absolute atomic E-state index is 0.243. The molecule has 184 valence electrons. The van der Waals surface area contributed by atoms with Gasteiger partial charge >= 0.3 is 5.97 Å². The zero-order chi connectivity index (χ0) is 24.7. The number of rotatable bonds is 9. The van der Waals surface area contributed by atoms with Gasteiger partial charge in [0, 0.05) is 51.0 Å². The number of aromatic nitrogens is 1. The molecular formula is C30H31N3O3. The van der Waals surface area contributed by atoms with E-state index in [9.17, 15) is 9.90 Å². The number of ether oxygens (including phenoxy) is 1. The molecule has 4 aromatic rings. The second-order valence-electron chi connectivity index (χ2n) is 9.16. The monoisotopic (exact) mass is 481 g/mol. The molecule has 36 heavy (non-hydrogen) atoms. The number of pyridine rings is 1. The summed E-state index contributed by atoms with van der Waals surface area (Å²) in [6.07, 6.45) is 2.72. The van der Waals surface area contributed by atoms with Crippen molar-refractivity contribution in [3.8, 4) is 17.0 Å². The van der Waals surface area contributed by atoms with Crippen molar-refractivity contribution < 1.29 is 14.6 Å². The van der Waals surface area contributed by atoms with Gasteiger partial charge in [0.1, 0.15) is 11.3 Å². The fourth-order valence-corrected chi connectivity index (χ4v) is 4.90. The minimum Gasteiger partial charge on any atom is -0.493 e. The number of carbonyl (C=O) groups is 1. The Bertz CT molecular complexity index is 1320. The molecule has 0 amide bonds. The molecule has 1 aliphatic heterocycles. The van der Waals surface area contributed by atoms with Crippen molar-refractivity contribution in [3.05, 3.63) is 96.2 Å². The van der Waals surface area contributed by atoms with Crippen molar-refractivity contribution >= 4 is 16.7 Å². The van der Waals surface area contributed by atoms with Gasteiger partial charge in [0.05, 0.1) is 12.3 Å². The van der Waals surface area contributed by atoms with Gasteiger partial charge in [-0.1, -0.05) is 66.7 Å². The first-order valence-corrected chi connectivity index (χ1v) is 12.5. The minimum atomic E-state index is -0.957. The lowest BCUT2D eigenvalue weighted by molar-refractivity contribution is 0.0694. The van der Waals surface area contributed by atoms with Gasteiger partial charge < -0.3 is 14.7 Å². The highest BCUT2D eigenvalue weighted by atomic mass is 16.5. The smallest absolute Gasteiger partial charge is 0.340 e. The highest BCUT2D eigenvalue weighted by molar-refractivity contribution is 6.06. The second kappa shape index (κ2) is 11.3. The number of benzene rings is 3. The van der Waals surface area contributed by atoms with E-state index in [1.165, 1.54) is 5.56 Å². The molecule has 1 fully saturated rings. The zero-order valence-corrected chi connectivity index (χ0v) is 20.3. The molecule has 0 spiro atoms. The van der Waals surface area contributed by atoms with Gasteiger partial charge in [-0.05, 0) is 34.9 Å². The van der Waals surface area contributed by atoms with Crippen LogP contribution in [0.1, 0.15) is 22.3 Å². The maximum atomic E-state index is 11.9. The van der Waals surface area contributed by atoms with E-state index in [2.05, 4.69) is 45.1 Å². The lowest BCUT2D eigenvalue weighted by Crippen LogP contribution is -2.46. The van der Waals surface area contributed by atoms with Crippen molar-refractivity contribution in [1.29, 1.82) is 0 Å². The molecular weight excluding hydrogens is 450 g/mol. The van der Waals surface area contributed by atoms with Crippen LogP contribution in [0.25, 0.3) is 22.0 Å². The number of piperazine rings is 1. The summed E-state index contributed by atoms with van der Waals surface area (Å²) < 4.78 is 5.93. The molecule has 1 N–H and O–H groups in total. The van der Waals surface area contributed by atoms with Gasteiger partial charge in [-0.2, -0.15) is 0 Å². The summed E-state index contributed by atoms with van der Waals surface area (Å²) in [5.74, 6) is -0.515. The third-order valence-corrected chi connectivity index (χ3v) is 6.78. The van der Waals surface area contributed by atoms with Gasteiger partial charge in [-0.15, -0.1) is 0 Å². The van der Waals surface area contributed by atoms with Gasteiger partial charge in [-0.3, -0.25) is 9.88 Å². The Kier molecular flexibility index (Phi) is 7.55. The van der Waals surface area contributed by atoms with Crippen LogP contribution in [-0.4, -0.2) is 65.2 Å². The number of aromatic carboxylic acids is 1. The SMILES string of the molecule is O=C(O)c1c(OCCCN2CCN(Cc3cccnc3-c3ccccc3)CC2)ccc2ccccc12. The molecule has 0 bridgehead atoms. The molecule has 0 radical (unpaired) electrons. The topological polar surface area (TPSA) is 65.9 Å². The van der Waals surface area contributed by atoms with Crippen molar-refractivity contribution in [3.63, 3.8) is 0 Å². The number of nitrogens with zero attached hydrogens (tertiary/aromatic N) is 3. The molecule has 0 atom stereocenters. The summed E-state index contributed by atoms with van der Waals surface area (Å²) in [6.45, 7) is 6.38. The molecule has 1 aliphatic rings. The van der Waals surface area contributed by atoms with Gasteiger partial charge in [0.15, 0.2) is 0 Å². The molecule has 0 unspecified atom stereocenters. The molecule has 6 heteroatoms. The van der Waals surface area contributed by atoms with Crippen LogP contribution < -0.4 is 4.74 Å². The average Bonchev–Trinajstić information content (AvgIpc) is 2.92. The van der Waals surface area contributed by atoms with E-state index in [1.807, 2.05) is 48.7 Å². The number of fused-ring (bicyclic) bond motifs is 1. The number of hydrogen-bond acceptors (Lipinski definition) is 5. The van der Waals surface area contributed by atoms with Crippen LogP contribution in [-0.2, 0) is 6.54 Å². The van der Waals surface area contributed by atoms with Crippen LogP contribution >= 0.6 is 0 Å². The van der Waals surface area contributed by atoms with Crippen molar-refractivity contribution in [2.75, 3.05) is 39.3 Å². The highest BCUT2D eigenvalue weighted by Gasteiger charge is 2.19. The highest BCUT2D eigenvalue weighted by Crippen LogP contribution is 2.28. The predicted octanol–water partition coefficient (Wildman–Crippen LogP) is 5.19. The molecule has 1 aromatic heterocycles.